The Morgan fingerprint density at radius 3 is 2.74 bits per heavy atom. The number of rotatable bonds is 7. The van der Waals surface area contributed by atoms with Crippen LogP contribution in [-0.4, -0.2) is 39.9 Å². The molecule has 1 aliphatic carbocycles. The van der Waals surface area contributed by atoms with Gasteiger partial charge >= 0.3 is 0 Å². The van der Waals surface area contributed by atoms with Gasteiger partial charge in [-0.15, -0.1) is 0 Å². The van der Waals surface area contributed by atoms with E-state index in [4.69, 9.17) is 9.26 Å². The first-order valence-electron chi connectivity index (χ1n) is 10.3. The third-order valence-electron chi connectivity index (χ3n) is 5.53. The molecule has 0 atom stereocenters. The molecule has 0 spiro atoms. The minimum absolute atomic E-state index is 0.0325. The Kier molecular flexibility index (Phi) is 6.30. The number of nitrogens with zero attached hydrogens (tertiary/aromatic N) is 3. The molecule has 0 radical (unpaired) electrons. The van der Waals surface area contributed by atoms with E-state index in [2.05, 4.69) is 20.9 Å². The van der Waals surface area contributed by atoms with E-state index in [1.54, 1.807) is 18.0 Å². The van der Waals surface area contributed by atoms with Gasteiger partial charge in [0.2, 0.25) is 11.7 Å². The summed E-state index contributed by atoms with van der Waals surface area (Å²) >= 11 is 0. The number of hydrogen-bond donors (Lipinski definition) is 2. The van der Waals surface area contributed by atoms with Crippen LogP contribution in [0.3, 0.4) is 0 Å². The number of carbonyl (C=O) groups excluding carboxylic acids is 2. The normalized spacial score (nSPS) is 18.4. The minimum atomic E-state index is -0.266. The first-order chi connectivity index (χ1) is 15.1. The number of amides is 2. The van der Waals surface area contributed by atoms with Crippen molar-refractivity contribution in [3.05, 3.63) is 60.2 Å². The van der Waals surface area contributed by atoms with Crippen LogP contribution in [0.25, 0.3) is 5.69 Å². The van der Waals surface area contributed by atoms with E-state index in [-0.39, 0.29) is 29.5 Å². The minimum Gasteiger partial charge on any atom is -0.494 e. The van der Waals surface area contributed by atoms with Gasteiger partial charge in [0.25, 0.3) is 5.91 Å². The molecule has 4 rings (SSSR count). The summed E-state index contributed by atoms with van der Waals surface area (Å²) < 4.78 is 12.0. The third kappa shape index (κ3) is 4.93. The number of aromatic nitrogens is 3. The van der Waals surface area contributed by atoms with E-state index in [0.717, 1.165) is 42.7 Å². The molecule has 2 aromatic heterocycles. The van der Waals surface area contributed by atoms with Gasteiger partial charge < -0.3 is 19.9 Å². The molecule has 162 valence electrons. The summed E-state index contributed by atoms with van der Waals surface area (Å²) in [4.78, 5) is 24.6. The number of nitrogens with one attached hydrogen (secondary N) is 2. The molecule has 1 saturated carbocycles. The van der Waals surface area contributed by atoms with Crippen molar-refractivity contribution in [2.45, 2.75) is 38.3 Å². The van der Waals surface area contributed by atoms with E-state index < -0.39 is 0 Å². The Morgan fingerprint density at radius 2 is 2.00 bits per heavy atom. The van der Waals surface area contributed by atoms with Crippen molar-refractivity contribution in [2.75, 3.05) is 7.11 Å². The summed E-state index contributed by atoms with van der Waals surface area (Å²) in [6, 6.07) is 9.20. The van der Waals surface area contributed by atoms with Crippen LogP contribution in [0.1, 0.15) is 41.8 Å². The lowest BCUT2D eigenvalue weighted by atomic mass is 9.85. The lowest BCUT2D eigenvalue weighted by Gasteiger charge is -2.28. The molecule has 31 heavy (non-hydrogen) atoms. The summed E-state index contributed by atoms with van der Waals surface area (Å²) in [5.74, 6) is 0.645. The van der Waals surface area contributed by atoms with Gasteiger partial charge in [-0.3, -0.25) is 9.59 Å². The van der Waals surface area contributed by atoms with Crippen molar-refractivity contribution < 1.29 is 18.8 Å². The smallest absolute Gasteiger partial charge is 0.290 e. The topological polar surface area (TPSA) is 111 Å². The maximum Gasteiger partial charge on any atom is 0.290 e. The number of benzene rings is 1. The molecule has 0 unspecified atom stereocenters. The van der Waals surface area contributed by atoms with Crippen LogP contribution in [0.2, 0.25) is 0 Å². The van der Waals surface area contributed by atoms with Crippen LogP contribution in [0.5, 0.6) is 5.75 Å². The molecule has 1 aliphatic rings. The summed E-state index contributed by atoms with van der Waals surface area (Å²) in [5.41, 5.74) is 1.75. The lowest BCUT2D eigenvalue weighted by molar-refractivity contribution is -0.126. The number of ether oxygens (including phenoxy) is 1. The van der Waals surface area contributed by atoms with E-state index >= 15 is 0 Å². The number of methoxy groups -OCH3 is 1. The fourth-order valence-electron chi connectivity index (χ4n) is 3.83. The fraction of sp³-hybridized carbons (Fsp3) is 0.364. The van der Waals surface area contributed by atoms with Gasteiger partial charge in [0.1, 0.15) is 11.4 Å². The summed E-state index contributed by atoms with van der Waals surface area (Å²) in [5, 5.41) is 13.9. The van der Waals surface area contributed by atoms with Crippen LogP contribution < -0.4 is 15.4 Å². The molecule has 9 nitrogen and oxygen atoms in total. The molecule has 1 fully saturated rings. The van der Waals surface area contributed by atoms with Gasteiger partial charge in [-0.05, 0) is 37.8 Å². The summed E-state index contributed by atoms with van der Waals surface area (Å²) in [6.07, 6.45) is 8.03. The third-order valence-corrected chi connectivity index (χ3v) is 5.53. The van der Waals surface area contributed by atoms with Crippen molar-refractivity contribution in [3.8, 4) is 11.4 Å². The number of para-hydroxylation sites is 2. The lowest BCUT2D eigenvalue weighted by Crippen LogP contribution is -2.40. The average Bonchev–Trinajstić information content (AvgIpc) is 3.50. The maximum absolute atomic E-state index is 12.6. The zero-order valence-electron chi connectivity index (χ0n) is 17.3. The van der Waals surface area contributed by atoms with Gasteiger partial charge in [0.15, 0.2) is 0 Å². The van der Waals surface area contributed by atoms with E-state index in [1.165, 1.54) is 12.3 Å². The van der Waals surface area contributed by atoms with Crippen LogP contribution in [0.15, 0.2) is 53.4 Å². The van der Waals surface area contributed by atoms with Gasteiger partial charge in [-0.25, -0.2) is 4.68 Å². The van der Waals surface area contributed by atoms with Gasteiger partial charge in [0.05, 0.1) is 19.5 Å². The Morgan fingerprint density at radius 1 is 1.19 bits per heavy atom. The zero-order valence-corrected chi connectivity index (χ0v) is 17.3. The molecule has 0 saturated heterocycles. The highest BCUT2D eigenvalue weighted by atomic mass is 16.5. The maximum atomic E-state index is 12.6. The van der Waals surface area contributed by atoms with Gasteiger partial charge in [-0.2, -0.15) is 5.10 Å². The highest BCUT2D eigenvalue weighted by molar-refractivity contribution is 5.91. The second-order valence-corrected chi connectivity index (χ2v) is 7.58. The van der Waals surface area contributed by atoms with Crippen molar-refractivity contribution in [2.24, 2.45) is 5.92 Å². The second kappa shape index (κ2) is 9.46. The quantitative estimate of drug-likeness (QED) is 0.604. The standard InChI is InChI=1S/C22H25N5O4/c1-30-19-5-3-2-4-18(19)27-14-15(13-24-27)12-23-21(28)16-6-8-17(9-7-16)26-22(29)20-10-11-25-31-20/h2-5,10-11,13-14,16-17H,6-9,12H2,1H3,(H,23,28)(H,26,29). The van der Waals surface area contributed by atoms with Crippen molar-refractivity contribution in [1.82, 2.24) is 25.6 Å². The Hall–Kier alpha value is -3.62. The van der Waals surface area contributed by atoms with Crippen LogP contribution >= 0.6 is 0 Å². The fourth-order valence-corrected chi connectivity index (χ4v) is 3.83. The highest BCUT2D eigenvalue weighted by Crippen LogP contribution is 2.25. The predicted molar refractivity (Wildman–Crippen MR) is 112 cm³/mol. The first kappa shape index (κ1) is 20.6. The van der Waals surface area contributed by atoms with Crippen molar-refractivity contribution >= 4 is 11.8 Å². The van der Waals surface area contributed by atoms with E-state index in [0.29, 0.717) is 6.54 Å². The zero-order chi connectivity index (χ0) is 21.6. The molecule has 1 aromatic carbocycles. The molecule has 9 heteroatoms. The molecular weight excluding hydrogens is 398 g/mol. The molecule has 2 N–H and O–H groups in total. The molecule has 0 bridgehead atoms. The Bertz CT molecular complexity index is 1020. The monoisotopic (exact) mass is 423 g/mol. The van der Waals surface area contributed by atoms with E-state index in [9.17, 15) is 9.59 Å². The number of carbonyl (C=O) groups is 2. The van der Waals surface area contributed by atoms with Gasteiger partial charge in [-0.1, -0.05) is 17.3 Å². The average molecular weight is 423 g/mol. The number of hydrogen-bond acceptors (Lipinski definition) is 6. The van der Waals surface area contributed by atoms with Crippen molar-refractivity contribution in [1.29, 1.82) is 0 Å². The SMILES string of the molecule is COc1ccccc1-n1cc(CNC(=O)C2CCC(NC(=O)c3ccno3)CC2)cn1. The highest BCUT2D eigenvalue weighted by Gasteiger charge is 2.27. The van der Waals surface area contributed by atoms with Crippen LogP contribution in [0.4, 0.5) is 0 Å². The molecule has 3 aromatic rings. The van der Waals surface area contributed by atoms with Crippen LogP contribution in [0, 0.1) is 5.92 Å². The predicted octanol–water partition coefficient (Wildman–Crippen LogP) is 2.47. The second-order valence-electron chi connectivity index (χ2n) is 7.58. The molecule has 0 aliphatic heterocycles. The molecular formula is C22H25N5O4. The molecule has 2 amide bonds. The Balaban J connectivity index is 1.25. The van der Waals surface area contributed by atoms with Crippen molar-refractivity contribution in [3.63, 3.8) is 0 Å². The van der Waals surface area contributed by atoms with E-state index in [1.807, 2.05) is 30.5 Å². The van der Waals surface area contributed by atoms with Gasteiger partial charge in [0, 0.05) is 36.3 Å². The largest absolute Gasteiger partial charge is 0.494 e. The summed E-state index contributed by atoms with van der Waals surface area (Å²) in [6.45, 7) is 0.413. The molecule has 2 heterocycles. The Labute approximate surface area is 179 Å². The summed E-state index contributed by atoms with van der Waals surface area (Å²) in [7, 11) is 1.62. The van der Waals surface area contributed by atoms with Crippen LogP contribution in [-0.2, 0) is 11.3 Å². The first-order valence-corrected chi connectivity index (χ1v) is 10.3.